The molecule has 0 aliphatic heterocycles. The normalized spacial score (nSPS) is 10.9. The lowest BCUT2D eigenvalue weighted by molar-refractivity contribution is -0.126. The van der Waals surface area contributed by atoms with Gasteiger partial charge in [-0.2, -0.15) is 0 Å². The van der Waals surface area contributed by atoms with Crippen molar-refractivity contribution >= 4 is 17.7 Å². The minimum Gasteiger partial charge on any atom is -0.350 e. The first-order valence-electron chi connectivity index (χ1n) is 11.2. The predicted octanol–water partition coefficient (Wildman–Crippen LogP) is 4.06. The number of rotatable bonds is 8. The van der Waals surface area contributed by atoms with Crippen molar-refractivity contribution in [2.45, 2.75) is 46.3 Å². The second-order valence-corrected chi connectivity index (χ2v) is 8.96. The number of amides is 3. The van der Waals surface area contributed by atoms with E-state index >= 15 is 0 Å². The van der Waals surface area contributed by atoms with E-state index in [1.807, 2.05) is 62.4 Å². The Labute approximate surface area is 200 Å². The topological polar surface area (TPSA) is 87.3 Å². The molecule has 0 saturated heterocycles. The van der Waals surface area contributed by atoms with Crippen molar-refractivity contribution in [1.29, 1.82) is 0 Å². The Morgan fingerprint density at radius 1 is 0.647 bits per heavy atom. The van der Waals surface area contributed by atoms with E-state index in [4.69, 9.17) is 0 Å². The Hall–Kier alpha value is -3.93. The van der Waals surface area contributed by atoms with Crippen molar-refractivity contribution < 1.29 is 14.4 Å². The van der Waals surface area contributed by atoms with Crippen LogP contribution in [0.1, 0.15) is 56.8 Å². The van der Waals surface area contributed by atoms with Gasteiger partial charge in [0.15, 0.2) is 0 Å². The fraction of sp³-hybridized carbons (Fsp3) is 0.250. The summed E-state index contributed by atoms with van der Waals surface area (Å²) in [6, 6.07) is 22.3. The molecule has 0 fully saturated rings. The summed E-state index contributed by atoms with van der Waals surface area (Å²) in [6.45, 7) is 7.98. The lowest BCUT2D eigenvalue weighted by Gasteiger charge is -2.25. The molecule has 0 atom stereocenters. The van der Waals surface area contributed by atoms with Gasteiger partial charge in [0.2, 0.25) is 5.91 Å². The van der Waals surface area contributed by atoms with Crippen LogP contribution in [0.2, 0.25) is 0 Å². The third-order valence-electron chi connectivity index (χ3n) is 5.56. The molecule has 3 aromatic rings. The van der Waals surface area contributed by atoms with Gasteiger partial charge in [-0.1, -0.05) is 71.8 Å². The zero-order chi connectivity index (χ0) is 24.7. The molecule has 0 heterocycles. The minimum atomic E-state index is -1.17. The van der Waals surface area contributed by atoms with E-state index in [2.05, 4.69) is 16.0 Å². The predicted molar refractivity (Wildman–Crippen MR) is 133 cm³/mol. The number of benzene rings is 3. The van der Waals surface area contributed by atoms with Crippen LogP contribution in [0.5, 0.6) is 0 Å². The van der Waals surface area contributed by atoms with E-state index in [1.165, 1.54) is 0 Å². The van der Waals surface area contributed by atoms with Gasteiger partial charge < -0.3 is 16.0 Å². The largest absolute Gasteiger partial charge is 0.350 e. The van der Waals surface area contributed by atoms with Crippen LogP contribution in [0.3, 0.4) is 0 Å². The Morgan fingerprint density at radius 3 is 1.59 bits per heavy atom. The first-order valence-corrected chi connectivity index (χ1v) is 11.2. The van der Waals surface area contributed by atoms with E-state index < -0.39 is 11.4 Å². The van der Waals surface area contributed by atoms with Gasteiger partial charge >= 0.3 is 0 Å². The summed E-state index contributed by atoms with van der Waals surface area (Å²) in [7, 11) is 0. The molecule has 176 valence electrons. The summed E-state index contributed by atoms with van der Waals surface area (Å²) in [4.78, 5) is 38.6. The second-order valence-electron chi connectivity index (χ2n) is 8.96. The number of aryl methyl sites for hydroxylation is 2. The highest BCUT2D eigenvalue weighted by Crippen LogP contribution is 2.13. The zero-order valence-electron chi connectivity index (χ0n) is 20.1. The van der Waals surface area contributed by atoms with E-state index in [1.54, 1.807) is 38.1 Å². The van der Waals surface area contributed by atoms with Crippen molar-refractivity contribution in [2.75, 3.05) is 0 Å². The number of hydrogen-bond donors (Lipinski definition) is 3. The summed E-state index contributed by atoms with van der Waals surface area (Å²) in [6.07, 6.45) is 0. The summed E-state index contributed by atoms with van der Waals surface area (Å²) < 4.78 is 0. The molecule has 3 amide bonds. The standard InChI is InChI=1S/C28H31N3O3/c1-19-9-13-21(14-10-19)17-29-25(32)23-7-5-6-8-24(23)26(33)31-28(3,4)27(34)30-18-22-15-11-20(2)12-16-22/h5-16H,17-18H2,1-4H3,(H,29,32)(H,30,34)(H,31,33). The van der Waals surface area contributed by atoms with E-state index in [0.717, 1.165) is 22.3 Å². The highest BCUT2D eigenvalue weighted by molar-refractivity contribution is 6.08. The van der Waals surface area contributed by atoms with Crippen molar-refractivity contribution in [1.82, 2.24) is 16.0 Å². The second kappa shape index (κ2) is 10.8. The van der Waals surface area contributed by atoms with Gasteiger partial charge in [0.05, 0.1) is 11.1 Å². The van der Waals surface area contributed by atoms with Crippen LogP contribution >= 0.6 is 0 Å². The fourth-order valence-electron chi connectivity index (χ4n) is 3.38. The van der Waals surface area contributed by atoms with Gasteiger partial charge in [-0.3, -0.25) is 14.4 Å². The van der Waals surface area contributed by atoms with Gasteiger partial charge in [-0.25, -0.2) is 0 Å². The molecule has 0 unspecified atom stereocenters. The van der Waals surface area contributed by atoms with Gasteiger partial charge in [0.1, 0.15) is 5.54 Å². The monoisotopic (exact) mass is 457 g/mol. The molecule has 0 aliphatic rings. The van der Waals surface area contributed by atoms with Crippen LogP contribution < -0.4 is 16.0 Å². The molecule has 0 bridgehead atoms. The van der Waals surface area contributed by atoms with Gasteiger partial charge in [-0.15, -0.1) is 0 Å². The Kier molecular flexibility index (Phi) is 7.84. The maximum Gasteiger partial charge on any atom is 0.252 e. The molecular formula is C28H31N3O3. The number of carbonyl (C=O) groups is 3. The van der Waals surface area contributed by atoms with Crippen LogP contribution in [0, 0.1) is 13.8 Å². The van der Waals surface area contributed by atoms with Crippen LogP contribution in [0.25, 0.3) is 0 Å². The van der Waals surface area contributed by atoms with Crippen molar-refractivity contribution in [3.63, 3.8) is 0 Å². The molecule has 0 spiro atoms. The molecule has 6 nitrogen and oxygen atoms in total. The van der Waals surface area contributed by atoms with Crippen molar-refractivity contribution in [3.8, 4) is 0 Å². The van der Waals surface area contributed by atoms with Gasteiger partial charge in [-0.05, 0) is 51.0 Å². The number of nitrogens with one attached hydrogen (secondary N) is 3. The quantitative estimate of drug-likeness (QED) is 0.477. The Bertz CT molecular complexity index is 1170. The maximum atomic E-state index is 13.0. The average Bonchev–Trinajstić information content (AvgIpc) is 2.82. The Balaban J connectivity index is 1.64. The van der Waals surface area contributed by atoms with Gasteiger partial charge in [0, 0.05) is 13.1 Å². The summed E-state index contributed by atoms with van der Waals surface area (Å²) in [5.41, 5.74) is 3.51. The average molecular weight is 458 g/mol. The highest BCUT2D eigenvalue weighted by Gasteiger charge is 2.30. The summed E-state index contributed by atoms with van der Waals surface area (Å²) in [5, 5.41) is 8.48. The SMILES string of the molecule is Cc1ccc(CNC(=O)c2ccccc2C(=O)NC(C)(C)C(=O)NCc2ccc(C)cc2)cc1. The fourth-order valence-corrected chi connectivity index (χ4v) is 3.38. The van der Waals surface area contributed by atoms with Crippen molar-refractivity contribution in [2.24, 2.45) is 0 Å². The first kappa shape index (κ1) is 24.7. The molecule has 3 N–H and O–H groups in total. The number of carbonyl (C=O) groups excluding carboxylic acids is 3. The molecule has 0 saturated carbocycles. The third kappa shape index (κ3) is 6.54. The Morgan fingerprint density at radius 2 is 1.09 bits per heavy atom. The van der Waals surface area contributed by atoms with Crippen LogP contribution in [0.4, 0.5) is 0 Å². The van der Waals surface area contributed by atoms with Crippen LogP contribution in [0.15, 0.2) is 72.8 Å². The minimum absolute atomic E-state index is 0.211. The van der Waals surface area contributed by atoms with E-state index in [-0.39, 0.29) is 22.9 Å². The zero-order valence-corrected chi connectivity index (χ0v) is 20.1. The maximum absolute atomic E-state index is 13.0. The molecule has 34 heavy (non-hydrogen) atoms. The number of hydrogen-bond acceptors (Lipinski definition) is 3. The van der Waals surface area contributed by atoms with Gasteiger partial charge in [0.25, 0.3) is 11.8 Å². The summed E-state index contributed by atoms with van der Waals surface area (Å²) in [5.74, 6) is -1.16. The van der Waals surface area contributed by atoms with E-state index in [0.29, 0.717) is 13.1 Å². The molecule has 3 rings (SSSR count). The van der Waals surface area contributed by atoms with Crippen molar-refractivity contribution in [3.05, 3.63) is 106 Å². The molecular weight excluding hydrogens is 426 g/mol. The van der Waals surface area contributed by atoms with E-state index in [9.17, 15) is 14.4 Å². The lowest BCUT2D eigenvalue weighted by Crippen LogP contribution is -2.54. The molecule has 3 aromatic carbocycles. The summed E-state index contributed by atoms with van der Waals surface area (Å²) >= 11 is 0. The molecule has 6 heteroatoms. The molecule has 0 aliphatic carbocycles. The lowest BCUT2D eigenvalue weighted by atomic mass is 10.0. The smallest absolute Gasteiger partial charge is 0.252 e. The van der Waals surface area contributed by atoms with Crippen LogP contribution in [-0.4, -0.2) is 23.3 Å². The van der Waals surface area contributed by atoms with Crippen LogP contribution in [-0.2, 0) is 17.9 Å². The third-order valence-corrected chi connectivity index (χ3v) is 5.56. The highest BCUT2D eigenvalue weighted by atomic mass is 16.2. The molecule has 0 radical (unpaired) electrons. The molecule has 0 aromatic heterocycles. The first-order chi connectivity index (χ1) is 16.2.